The number of amides is 1. The Bertz CT molecular complexity index is 1230. The zero-order chi connectivity index (χ0) is 22.0. The maximum atomic E-state index is 12.9. The van der Waals surface area contributed by atoms with Crippen LogP contribution in [-0.2, 0) is 11.0 Å². The number of alkyl halides is 3. The van der Waals surface area contributed by atoms with Gasteiger partial charge in [0.1, 0.15) is 11.4 Å². The fraction of sp³-hybridized carbons (Fsp3) is 0.143. The predicted molar refractivity (Wildman–Crippen MR) is 112 cm³/mol. The van der Waals surface area contributed by atoms with Crippen LogP contribution in [0.25, 0.3) is 16.7 Å². The number of benzene rings is 2. The van der Waals surface area contributed by atoms with E-state index in [1.54, 1.807) is 17.8 Å². The van der Waals surface area contributed by atoms with Gasteiger partial charge in [-0.05, 0) is 37.3 Å². The van der Waals surface area contributed by atoms with Crippen molar-refractivity contribution in [3.63, 3.8) is 0 Å². The summed E-state index contributed by atoms with van der Waals surface area (Å²) in [6, 6.07) is 14.0. The number of nitrogens with zero attached hydrogens (tertiary/aromatic N) is 4. The lowest BCUT2D eigenvalue weighted by molar-refractivity contribution is -0.137. The fourth-order valence-electron chi connectivity index (χ4n) is 2.91. The number of nitrogens with one attached hydrogen (secondary N) is 1. The van der Waals surface area contributed by atoms with Crippen molar-refractivity contribution in [2.75, 3.05) is 5.32 Å². The maximum Gasteiger partial charge on any atom is 0.416 e. The van der Waals surface area contributed by atoms with Crippen molar-refractivity contribution in [1.82, 2.24) is 19.7 Å². The molecule has 0 radical (unpaired) electrons. The number of para-hydroxylation sites is 1. The molecule has 2 heterocycles. The molecular formula is C21H16F3N5OS. The molecule has 1 atom stereocenters. The first-order chi connectivity index (χ1) is 14.8. The minimum Gasteiger partial charge on any atom is -0.325 e. The molecule has 2 aromatic carbocycles. The number of thioether (sulfide) groups is 1. The lowest BCUT2D eigenvalue weighted by atomic mass is 10.2. The van der Waals surface area contributed by atoms with Crippen molar-refractivity contribution >= 4 is 34.4 Å². The average molecular weight is 443 g/mol. The van der Waals surface area contributed by atoms with Gasteiger partial charge in [0.2, 0.25) is 5.91 Å². The second-order valence-electron chi connectivity index (χ2n) is 6.64. The van der Waals surface area contributed by atoms with Crippen molar-refractivity contribution < 1.29 is 18.0 Å². The highest BCUT2D eigenvalue weighted by Gasteiger charge is 2.30. The minimum absolute atomic E-state index is 0.0806. The quantitative estimate of drug-likeness (QED) is 0.349. The van der Waals surface area contributed by atoms with Gasteiger partial charge in [0.25, 0.3) is 0 Å². The molecule has 2 aromatic heterocycles. The molecule has 10 heteroatoms. The molecule has 0 saturated heterocycles. The number of anilines is 1. The lowest BCUT2D eigenvalue weighted by Crippen LogP contribution is -2.22. The van der Waals surface area contributed by atoms with E-state index in [-0.39, 0.29) is 5.69 Å². The molecule has 4 aromatic rings. The van der Waals surface area contributed by atoms with E-state index >= 15 is 0 Å². The van der Waals surface area contributed by atoms with Gasteiger partial charge in [0.05, 0.1) is 28.1 Å². The molecule has 0 aliphatic carbocycles. The summed E-state index contributed by atoms with van der Waals surface area (Å²) in [5, 5.41) is 7.51. The Kier molecular flexibility index (Phi) is 5.64. The van der Waals surface area contributed by atoms with E-state index in [1.807, 2.05) is 30.3 Å². The molecule has 0 bridgehead atoms. The summed E-state index contributed by atoms with van der Waals surface area (Å²) in [5.74, 6) is -0.438. The highest BCUT2D eigenvalue weighted by molar-refractivity contribution is 8.00. The average Bonchev–Trinajstić information content (AvgIpc) is 3.19. The Morgan fingerprint density at radius 2 is 1.87 bits per heavy atom. The SMILES string of the molecule is CC(Sc1ncnc2c1cnn2-c1ccccc1)C(=O)Nc1cccc(C(F)(F)F)c1. The lowest BCUT2D eigenvalue weighted by Gasteiger charge is -2.13. The Morgan fingerprint density at radius 1 is 1.10 bits per heavy atom. The second kappa shape index (κ2) is 8.38. The minimum atomic E-state index is -4.48. The molecule has 0 saturated carbocycles. The van der Waals surface area contributed by atoms with Crippen LogP contribution in [0.3, 0.4) is 0 Å². The molecule has 0 aliphatic heterocycles. The highest BCUT2D eigenvalue weighted by Crippen LogP contribution is 2.32. The predicted octanol–water partition coefficient (Wildman–Crippen LogP) is 4.95. The number of carbonyl (C=O) groups is 1. The molecule has 158 valence electrons. The Hall–Kier alpha value is -3.40. The number of fused-ring (bicyclic) bond motifs is 1. The Balaban J connectivity index is 1.53. The Morgan fingerprint density at radius 3 is 2.61 bits per heavy atom. The third-order valence-electron chi connectivity index (χ3n) is 4.45. The van der Waals surface area contributed by atoms with Crippen LogP contribution in [-0.4, -0.2) is 30.9 Å². The first-order valence-electron chi connectivity index (χ1n) is 9.22. The van der Waals surface area contributed by atoms with Crippen molar-refractivity contribution in [3.05, 3.63) is 72.7 Å². The molecule has 0 aliphatic rings. The van der Waals surface area contributed by atoms with Gasteiger partial charge < -0.3 is 5.32 Å². The number of hydrogen-bond acceptors (Lipinski definition) is 5. The number of hydrogen-bond donors (Lipinski definition) is 1. The standard InChI is InChI=1S/C21H16F3N5OS/c1-13(19(30)28-15-7-5-6-14(10-15)21(22,23)24)31-20-17-11-27-29(18(17)25-12-26-20)16-8-3-2-4-9-16/h2-13H,1H3,(H,28,30). The van der Waals surface area contributed by atoms with Gasteiger partial charge in [-0.1, -0.05) is 36.0 Å². The molecule has 1 unspecified atom stereocenters. The molecule has 4 rings (SSSR count). The van der Waals surface area contributed by atoms with Crippen LogP contribution in [0, 0.1) is 0 Å². The van der Waals surface area contributed by atoms with E-state index in [9.17, 15) is 18.0 Å². The van der Waals surface area contributed by atoms with Crippen LogP contribution in [0.2, 0.25) is 0 Å². The summed E-state index contributed by atoms with van der Waals surface area (Å²) in [6.07, 6.45) is -1.46. The van der Waals surface area contributed by atoms with Crippen LogP contribution in [0.15, 0.2) is 72.1 Å². The fourth-order valence-corrected chi connectivity index (χ4v) is 3.79. The zero-order valence-corrected chi connectivity index (χ0v) is 17.0. The molecular weight excluding hydrogens is 427 g/mol. The van der Waals surface area contributed by atoms with Gasteiger partial charge >= 0.3 is 6.18 Å². The van der Waals surface area contributed by atoms with E-state index < -0.39 is 22.9 Å². The highest BCUT2D eigenvalue weighted by atomic mass is 32.2. The van der Waals surface area contributed by atoms with Crippen molar-refractivity contribution in [2.45, 2.75) is 23.4 Å². The summed E-state index contributed by atoms with van der Waals surface area (Å²) in [6.45, 7) is 1.66. The third-order valence-corrected chi connectivity index (χ3v) is 5.56. The number of aromatic nitrogens is 4. The second-order valence-corrected chi connectivity index (χ2v) is 7.97. The number of carbonyl (C=O) groups excluding carboxylic acids is 1. The van der Waals surface area contributed by atoms with Gasteiger partial charge in [0.15, 0.2) is 5.65 Å². The zero-order valence-electron chi connectivity index (χ0n) is 16.2. The number of halogens is 3. The molecule has 6 nitrogen and oxygen atoms in total. The molecule has 1 amide bonds. The van der Waals surface area contributed by atoms with Crippen LogP contribution in [0.5, 0.6) is 0 Å². The third kappa shape index (κ3) is 4.53. The van der Waals surface area contributed by atoms with Gasteiger partial charge in [-0.15, -0.1) is 0 Å². The van der Waals surface area contributed by atoms with Gasteiger partial charge in [0, 0.05) is 5.69 Å². The van der Waals surface area contributed by atoms with Crippen LogP contribution in [0.4, 0.5) is 18.9 Å². The van der Waals surface area contributed by atoms with E-state index in [0.29, 0.717) is 16.1 Å². The van der Waals surface area contributed by atoms with Crippen LogP contribution < -0.4 is 5.32 Å². The van der Waals surface area contributed by atoms with E-state index in [0.717, 1.165) is 17.8 Å². The normalized spacial score (nSPS) is 12.6. The summed E-state index contributed by atoms with van der Waals surface area (Å²) in [4.78, 5) is 21.1. The van der Waals surface area contributed by atoms with Gasteiger partial charge in [-0.25, -0.2) is 14.6 Å². The van der Waals surface area contributed by atoms with E-state index in [1.165, 1.54) is 30.2 Å². The molecule has 31 heavy (non-hydrogen) atoms. The summed E-state index contributed by atoms with van der Waals surface area (Å²) in [7, 11) is 0. The topological polar surface area (TPSA) is 72.7 Å². The van der Waals surface area contributed by atoms with Crippen LogP contribution in [0.1, 0.15) is 12.5 Å². The molecule has 0 fully saturated rings. The van der Waals surface area contributed by atoms with Crippen molar-refractivity contribution in [2.24, 2.45) is 0 Å². The monoisotopic (exact) mass is 443 g/mol. The largest absolute Gasteiger partial charge is 0.416 e. The van der Waals surface area contributed by atoms with E-state index in [2.05, 4.69) is 20.4 Å². The smallest absolute Gasteiger partial charge is 0.325 e. The molecule has 1 N–H and O–H groups in total. The van der Waals surface area contributed by atoms with Crippen molar-refractivity contribution in [3.8, 4) is 5.69 Å². The summed E-state index contributed by atoms with van der Waals surface area (Å²) < 4.78 is 40.3. The Labute approximate surface area is 179 Å². The summed E-state index contributed by atoms with van der Waals surface area (Å²) in [5.41, 5.74) is 0.685. The molecule has 0 spiro atoms. The van der Waals surface area contributed by atoms with Crippen molar-refractivity contribution in [1.29, 1.82) is 0 Å². The van der Waals surface area contributed by atoms with Gasteiger partial charge in [-0.2, -0.15) is 18.3 Å². The maximum absolute atomic E-state index is 12.9. The van der Waals surface area contributed by atoms with E-state index in [4.69, 9.17) is 0 Å². The van der Waals surface area contributed by atoms with Crippen LogP contribution >= 0.6 is 11.8 Å². The first kappa shape index (κ1) is 20.9. The first-order valence-corrected chi connectivity index (χ1v) is 10.1. The van der Waals surface area contributed by atoms with Gasteiger partial charge in [-0.3, -0.25) is 4.79 Å². The number of rotatable bonds is 5. The summed E-state index contributed by atoms with van der Waals surface area (Å²) >= 11 is 1.18.